The molecular weight excluding hydrogens is 332 g/mol. The number of carbonyl (C=O) groups is 2. The first kappa shape index (κ1) is 19.5. The molecule has 0 amide bonds. The predicted octanol–water partition coefficient (Wildman–Crippen LogP) is 4.95. The first-order valence-electron chi connectivity index (χ1n) is 8.88. The minimum atomic E-state index is -1.02. The summed E-state index contributed by atoms with van der Waals surface area (Å²) in [4.78, 5) is 22.9. The van der Waals surface area contributed by atoms with Gasteiger partial charge in [0.15, 0.2) is 0 Å². The van der Waals surface area contributed by atoms with Crippen LogP contribution in [-0.2, 0) is 0 Å². The molecule has 0 aliphatic rings. The lowest BCUT2D eigenvalue weighted by Crippen LogP contribution is -2.08. The number of benzene rings is 2. The van der Waals surface area contributed by atoms with Gasteiger partial charge in [0.1, 0.15) is 11.5 Å². The van der Waals surface area contributed by atoms with Gasteiger partial charge in [0.2, 0.25) is 0 Å². The van der Waals surface area contributed by atoms with Crippen LogP contribution in [0.5, 0.6) is 11.5 Å². The lowest BCUT2D eigenvalue weighted by atomic mass is 10.2. The summed E-state index contributed by atoms with van der Waals surface area (Å²) in [5, 5.41) is 8.86. The zero-order valence-corrected chi connectivity index (χ0v) is 14.9. The third-order valence-electron chi connectivity index (χ3n) is 3.92. The molecule has 0 saturated carbocycles. The molecule has 0 saturated heterocycles. The van der Waals surface area contributed by atoms with Crippen LogP contribution in [0.1, 0.15) is 59.7 Å². The Labute approximate surface area is 153 Å². The van der Waals surface area contributed by atoms with Crippen molar-refractivity contribution in [3.63, 3.8) is 0 Å². The molecule has 5 heteroatoms. The van der Waals surface area contributed by atoms with E-state index in [9.17, 15) is 9.59 Å². The van der Waals surface area contributed by atoms with Crippen molar-refractivity contribution >= 4 is 11.9 Å². The Kier molecular flexibility index (Phi) is 7.68. The number of rotatable bonds is 10. The molecule has 5 nitrogen and oxygen atoms in total. The molecule has 2 rings (SSSR count). The highest BCUT2D eigenvalue weighted by atomic mass is 16.5. The van der Waals surface area contributed by atoms with Crippen molar-refractivity contribution < 1.29 is 24.2 Å². The molecule has 0 aliphatic heterocycles. The minimum absolute atomic E-state index is 0.140. The summed E-state index contributed by atoms with van der Waals surface area (Å²) in [7, 11) is 0. The van der Waals surface area contributed by atoms with Gasteiger partial charge in [-0.3, -0.25) is 0 Å². The quantitative estimate of drug-likeness (QED) is 0.370. The van der Waals surface area contributed by atoms with E-state index in [1.54, 1.807) is 24.3 Å². The first-order chi connectivity index (χ1) is 12.6. The molecule has 0 fully saturated rings. The van der Waals surface area contributed by atoms with Crippen LogP contribution in [0, 0.1) is 0 Å². The van der Waals surface area contributed by atoms with Crippen molar-refractivity contribution in [1.29, 1.82) is 0 Å². The van der Waals surface area contributed by atoms with E-state index in [4.69, 9.17) is 14.6 Å². The van der Waals surface area contributed by atoms with Crippen LogP contribution >= 0.6 is 0 Å². The SMILES string of the molecule is CCCCCCCOc1ccc(C(=O)Oc2ccc(C(=O)O)cc2)cc1. The molecule has 0 aromatic heterocycles. The van der Waals surface area contributed by atoms with Gasteiger partial charge in [0.25, 0.3) is 0 Å². The topological polar surface area (TPSA) is 72.8 Å². The molecule has 0 spiro atoms. The van der Waals surface area contributed by atoms with Crippen LogP contribution in [0.4, 0.5) is 0 Å². The molecule has 0 radical (unpaired) electrons. The van der Waals surface area contributed by atoms with Gasteiger partial charge >= 0.3 is 11.9 Å². The molecule has 1 N–H and O–H groups in total. The number of ether oxygens (including phenoxy) is 2. The van der Waals surface area contributed by atoms with Crippen molar-refractivity contribution in [3.8, 4) is 11.5 Å². The summed E-state index contributed by atoms with van der Waals surface area (Å²) in [5.41, 5.74) is 0.545. The van der Waals surface area contributed by atoms with Gasteiger partial charge in [-0.1, -0.05) is 32.6 Å². The molecule has 26 heavy (non-hydrogen) atoms. The van der Waals surface area contributed by atoms with Crippen molar-refractivity contribution in [2.45, 2.75) is 39.0 Å². The predicted molar refractivity (Wildman–Crippen MR) is 99.1 cm³/mol. The fraction of sp³-hybridized carbons (Fsp3) is 0.333. The first-order valence-corrected chi connectivity index (χ1v) is 8.88. The number of unbranched alkanes of at least 4 members (excludes halogenated alkanes) is 4. The zero-order valence-electron chi connectivity index (χ0n) is 14.9. The Morgan fingerprint density at radius 1 is 0.808 bits per heavy atom. The van der Waals surface area contributed by atoms with Gasteiger partial charge in [-0.15, -0.1) is 0 Å². The van der Waals surface area contributed by atoms with Crippen LogP contribution in [0.3, 0.4) is 0 Å². The van der Waals surface area contributed by atoms with Crippen molar-refractivity contribution in [2.24, 2.45) is 0 Å². The number of carboxylic acids is 1. The molecule has 2 aromatic rings. The van der Waals surface area contributed by atoms with E-state index in [1.165, 1.54) is 49.9 Å². The maximum Gasteiger partial charge on any atom is 0.343 e. The summed E-state index contributed by atoms with van der Waals surface area (Å²) in [6.45, 7) is 2.86. The smallest absolute Gasteiger partial charge is 0.343 e. The second-order valence-electron chi connectivity index (χ2n) is 6.01. The van der Waals surface area contributed by atoms with Crippen molar-refractivity contribution in [2.75, 3.05) is 6.61 Å². The molecule has 0 bridgehead atoms. The monoisotopic (exact) mass is 356 g/mol. The lowest BCUT2D eigenvalue weighted by Gasteiger charge is -2.08. The largest absolute Gasteiger partial charge is 0.494 e. The van der Waals surface area contributed by atoms with Crippen molar-refractivity contribution in [3.05, 3.63) is 59.7 Å². The molecular formula is C21H24O5. The van der Waals surface area contributed by atoms with Gasteiger partial charge in [0.05, 0.1) is 17.7 Å². The number of hydrogen-bond donors (Lipinski definition) is 1. The second-order valence-corrected chi connectivity index (χ2v) is 6.01. The number of aromatic carboxylic acids is 1. The van der Waals surface area contributed by atoms with E-state index in [0.717, 1.165) is 12.2 Å². The molecule has 138 valence electrons. The van der Waals surface area contributed by atoms with Crippen molar-refractivity contribution in [1.82, 2.24) is 0 Å². The highest BCUT2D eigenvalue weighted by Gasteiger charge is 2.10. The van der Waals surface area contributed by atoms with Gasteiger partial charge in [-0.05, 0) is 55.0 Å². The van der Waals surface area contributed by atoms with Crippen LogP contribution in [0.2, 0.25) is 0 Å². The number of carboxylic acid groups (broad SMARTS) is 1. The molecule has 2 aromatic carbocycles. The Morgan fingerprint density at radius 3 is 2.00 bits per heavy atom. The summed E-state index contributed by atoms with van der Waals surface area (Å²) in [5.74, 6) is -0.502. The third-order valence-corrected chi connectivity index (χ3v) is 3.92. The van der Waals surface area contributed by atoms with E-state index >= 15 is 0 Å². The van der Waals surface area contributed by atoms with Gasteiger partial charge in [0, 0.05) is 0 Å². The standard InChI is InChI=1S/C21H24O5/c1-2-3-4-5-6-15-25-18-11-9-17(10-12-18)21(24)26-19-13-7-16(8-14-19)20(22)23/h7-14H,2-6,15H2,1H3,(H,22,23). The van der Waals surface area contributed by atoms with E-state index in [2.05, 4.69) is 6.92 Å². The van der Waals surface area contributed by atoms with Gasteiger partial charge < -0.3 is 14.6 Å². The van der Waals surface area contributed by atoms with Gasteiger partial charge in [-0.2, -0.15) is 0 Å². The average molecular weight is 356 g/mol. The Morgan fingerprint density at radius 2 is 1.38 bits per heavy atom. The Balaban J connectivity index is 1.81. The average Bonchev–Trinajstić information content (AvgIpc) is 2.65. The molecule has 0 unspecified atom stereocenters. The highest BCUT2D eigenvalue weighted by molar-refractivity contribution is 5.91. The summed E-state index contributed by atoms with van der Waals surface area (Å²) >= 11 is 0. The zero-order chi connectivity index (χ0) is 18.8. The van der Waals surface area contributed by atoms with Crippen LogP contribution < -0.4 is 9.47 Å². The van der Waals surface area contributed by atoms with Crippen LogP contribution in [-0.4, -0.2) is 23.7 Å². The second kappa shape index (κ2) is 10.2. The number of esters is 1. The maximum absolute atomic E-state index is 12.1. The molecule has 0 atom stereocenters. The summed E-state index contributed by atoms with van der Waals surface area (Å²) in [6, 6.07) is 12.5. The Bertz CT molecular complexity index is 704. The summed E-state index contributed by atoms with van der Waals surface area (Å²) in [6.07, 6.45) is 5.91. The molecule has 0 heterocycles. The fourth-order valence-corrected chi connectivity index (χ4v) is 2.41. The van der Waals surface area contributed by atoms with Crippen LogP contribution in [0.25, 0.3) is 0 Å². The third kappa shape index (κ3) is 6.24. The van der Waals surface area contributed by atoms with E-state index in [-0.39, 0.29) is 5.56 Å². The van der Waals surface area contributed by atoms with Crippen LogP contribution in [0.15, 0.2) is 48.5 Å². The fourth-order valence-electron chi connectivity index (χ4n) is 2.41. The normalized spacial score (nSPS) is 10.3. The Hall–Kier alpha value is -2.82. The van der Waals surface area contributed by atoms with Gasteiger partial charge in [-0.25, -0.2) is 9.59 Å². The maximum atomic E-state index is 12.1. The minimum Gasteiger partial charge on any atom is -0.494 e. The van der Waals surface area contributed by atoms with E-state index < -0.39 is 11.9 Å². The highest BCUT2D eigenvalue weighted by Crippen LogP contribution is 2.17. The van der Waals surface area contributed by atoms with E-state index in [0.29, 0.717) is 17.9 Å². The molecule has 0 aliphatic carbocycles. The number of hydrogen-bond acceptors (Lipinski definition) is 4. The summed E-state index contributed by atoms with van der Waals surface area (Å²) < 4.78 is 10.9. The lowest BCUT2D eigenvalue weighted by molar-refractivity contribution is 0.0696. The van der Waals surface area contributed by atoms with E-state index in [1.807, 2.05) is 0 Å². The number of carbonyl (C=O) groups excluding carboxylic acids is 1.